The van der Waals surface area contributed by atoms with Crippen molar-refractivity contribution >= 4 is 39.9 Å². The fourth-order valence-electron chi connectivity index (χ4n) is 4.85. The summed E-state index contributed by atoms with van der Waals surface area (Å²) in [4.78, 5) is 33.1. The first-order valence-corrected chi connectivity index (χ1v) is 13.1. The second-order valence-electron chi connectivity index (χ2n) is 9.33. The van der Waals surface area contributed by atoms with Gasteiger partial charge in [0.25, 0.3) is 5.91 Å². The van der Waals surface area contributed by atoms with E-state index in [2.05, 4.69) is 4.98 Å². The standard InChI is InChI=1S/C32H23ClN2O6/c1-39-26-17-21(33)15-20-16-25(41-31(20)26)29(36)27-28(24-9-5-6-14-34-24)35(32(38)30(27)37)22-10-12-23(13-11-22)40-18-19-7-3-2-4-8-19/h2-17,28,37H,18H2,1H3. The van der Waals surface area contributed by atoms with Gasteiger partial charge >= 0.3 is 0 Å². The summed E-state index contributed by atoms with van der Waals surface area (Å²) in [6, 6.07) is 25.5. The third-order valence-electron chi connectivity index (χ3n) is 6.77. The van der Waals surface area contributed by atoms with E-state index in [4.69, 9.17) is 25.5 Å². The highest BCUT2D eigenvalue weighted by Crippen LogP contribution is 2.42. The van der Waals surface area contributed by atoms with Crippen molar-refractivity contribution in [1.29, 1.82) is 0 Å². The summed E-state index contributed by atoms with van der Waals surface area (Å²) < 4.78 is 17.1. The van der Waals surface area contributed by atoms with Crippen LogP contribution in [0, 0.1) is 0 Å². The van der Waals surface area contributed by atoms with E-state index in [0.717, 1.165) is 5.56 Å². The number of anilines is 1. The van der Waals surface area contributed by atoms with Crippen molar-refractivity contribution in [2.75, 3.05) is 12.0 Å². The van der Waals surface area contributed by atoms with Crippen LogP contribution < -0.4 is 14.4 Å². The number of hydrogen-bond acceptors (Lipinski definition) is 7. The van der Waals surface area contributed by atoms with Crippen LogP contribution in [-0.4, -0.2) is 28.9 Å². The van der Waals surface area contributed by atoms with E-state index >= 15 is 0 Å². The number of pyridine rings is 1. The highest BCUT2D eigenvalue weighted by Gasteiger charge is 2.46. The van der Waals surface area contributed by atoms with Crippen LogP contribution >= 0.6 is 11.6 Å². The van der Waals surface area contributed by atoms with Crippen molar-refractivity contribution in [2.45, 2.75) is 12.6 Å². The lowest BCUT2D eigenvalue weighted by atomic mass is 9.98. The van der Waals surface area contributed by atoms with Crippen molar-refractivity contribution in [3.05, 3.63) is 131 Å². The smallest absolute Gasteiger partial charge is 0.294 e. The predicted molar refractivity (Wildman–Crippen MR) is 153 cm³/mol. The summed E-state index contributed by atoms with van der Waals surface area (Å²) in [5, 5.41) is 12.0. The van der Waals surface area contributed by atoms with E-state index in [9.17, 15) is 14.7 Å². The number of rotatable bonds is 8. The summed E-state index contributed by atoms with van der Waals surface area (Å²) in [7, 11) is 1.46. The van der Waals surface area contributed by atoms with Crippen LogP contribution in [0.2, 0.25) is 5.02 Å². The Kier molecular flexibility index (Phi) is 6.91. The molecule has 5 aromatic rings. The van der Waals surface area contributed by atoms with Crippen molar-refractivity contribution in [1.82, 2.24) is 4.98 Å². The molecule has 204 valence electrons. The molecular weight excluding hydrogens is 544 g/mol. The van der Waals surface area contributed by atoms with Crippen LogP contribution in [0.1, 0.15) is 27.9 Å². The van der Waals surface area contributed by atoms with Crippen LogP contribution in [-0.2, 0) is 11.4 Å². The molecule has 6 rings (SSSR count). The molecule has 3 heterocycles. The number of aliphatic hydroxyl groups is 1. The molecule has 9 heteroatoms. The summed E-state index contributed by atoms with van der Waals surface area (Å²) in [6.07, 6.45) is 1.56. The second-order valence-corrected chi connectivity index (χ2v) is 9.77. The van der Waals surface area contributed by atoms with Gasteiger partial charge in [0.15, 0.2) is 22.9 Å². The minimum Gasteiger partial charge on any atom is -0.503 e. The minimum atomic E-state index is -1.01. The molecule has 41 heavy (non-hydrogen) atoms. The van der Waals surface area contributed by atoms with E-state index in [1.165, 1.54) is 18.1 Å². The Hall–Kier alpha value is -5.08. The van der Waals surface area contributed by atoms with Crippen molar-refractivity contribution < 1.29 is 28.6 Å². The zero-order valence-corrected chi connectivity index (χ0v) is 22.5. The Morgan fingerprint density at radius 3 is 2.49 bits per heavy atom. The largest absolute Gasteiger partial charge is 0.503 e. The van der Waals surface area contributed by atoms with Crippen LogP contribution in [0.3, 0.4) is 0 Å². The zero-order valence-electron chi connectivity index (χ0n) is 21.8. The number of Topliss-reactive ketones (excluding diaryl/α,β-unsaturated/α-hetero) is 1. The maximum absolute atomic E-state index is 13.9. The third-order valence-corrected chi connectivity index (χ3v) is 6.99. The van der Waals surface area contributed by atoms with Crippen molar-refractivity contribution in [3.8, 4) is 11.5 Å². The van der Waals surface area contributed by atoms with E-state index in [1.54, 1.807) is 60.8 Å². The first-order valence-electron chi connectivity index (χ1n) is 12.7. The highest BCUT2D eigenvalue weighted by molar-refractivity contribution is 6.31. The Balaban J connectivity index is 1.35. The number of aromatic nitrogens is 1. The average molecular weight is 567 g/mol. The molecule has 0 saturated heterocycles. The topological polar surface area (TPSA) is 102 Å². The van der Waals surface area contributed by atoms with Gasteiger partial charge in [-0.2, -0.15) is 0 Å². The van der Waals surface area contributed by atoms with Gasteiger partial charge in [0.1, 0.15) is 18.4 Å². The number of carbonyl (C=O) groups excluding carboxylic acids is 2. The molecule has 0 fully saturated rings. The van der Waals surface area contributed by atoms with Crippen LogP contribution in [0.25, 0.3) is 11.0 Å². The number of fused-ring (bicyclic) bond motifs is 1. The molecule has 1 aliphatic rings. The molecule has 1 N–H and O–H groups in total. The number of hydrogen-bond donors (Lipinski definition) is 1. The maximum Gasteiger partial charge on any atom is 0.294 e. The predicted octanol–water partition coefficient (Wildman–Crippen LogP) is 6.85. The lowest BCUT2D eigenvalue weighted by Gasteiger charge is -2.26. The molecule has 0 radical (unpaired) electrons. The number of halogens is 1. The number of amides is 1. The molecule has 0 spiro atoms. The minimum absolute atomic E-state index is 0.0812. The van der Waals surface area contributed by atoms with Gasteiger partial charge in [-0.3, -0.25) is 19.5 Å². The summed E-state index contributed by atoms with van der Waals surface area (Å²) in [5.41, 5.74) is 2.04. The number of benzene rings is 3. The van der Waals surface area contributed by atoms with Gasteiger partial charge in [0, 0.05) is 28.4 Å². The molecule has 2 aromatic heterocycles. The molecule has 0 aliphatic carbocycles. The van der Waals surface area contributed by atoms with Gasteiger partial charge in [-0.05, 0) is 54.1 Å². The molecule has 0 saturated carbocycles. The summed E-state index contributed by atoms with van der Waals surface area (Å²) >= 11 is 6.19. The van der Waals surface area contributed by atoms with E-state index in [-0.39, 0.29) is 11.3 Å². The summed E-state index contributed by atoms with van der Waals surface area (Å²) in [6.45, 7) is 0.383. The second kappa shape index (κ2) is 10.8. The fraction of sp³-hybridized carbons (Fsp3) is 0.0938. The Bertz CT molecular complexity index is 1780. The van der Waals surface area contributed by atoms with E-state index in [1.807, 2.05) is 30.3 Å². The lowest BCUT2D eigenvalue weighted by molar-refractivity contribution is -0.117. The fourth-order valence-corrected chi connectivity index (χ4v) is 5.06. The maximum atomic E-state index is 13.9. The van der Waals surface area contributed by atoms with Gasteiger partial charge in [-0.15, -0.1) is 0 Å². The number of ether oxygens (including phenoxy) is 2. The van der Waals surface area contributed by atoms with E-state index in [0.29, 0.717) is 45.5 Å². The van der Waals surface area contributed by atoms with Crippen LogP contribution in [0.5, 0.6) is 11.5 Å². The Labute approximate surface area is 240 Å². The number of nitrogens with zero attached hydrogens (tertiary/aromatic N) is 2. The molecule has 3 aromatic carbocycles. The highest BCUT2D eigenvalue weighted by atomic mass is 35.5. The van der Waals surface area contributed by atoms with Gasteiger partial charge in [0.2, 0.25) is 5.78 Å². The molecule has 8 nitrogen and oxygen atoms in total. The molecular formula is C32H23ClN2O6. The van der Waals surface area contributed by atoms with Gasteiger partial charge in [-0.1, -0.05) is 48.0 Å². The first kappa shape index (κ1) is 26.2. The molecule has 1 atom stereocenters. The quantitative estimate of drug-likeness (QED) is 0.205. The molecule has 1 aliphatic heterocycles. The average Bonchev–Trinajstić information content (AvgIpc) is 3.55. The normalized spacial score (nSPS) is 15.0. The van der Waals surface area contributed by atoms with Gasteiger partial charge in [-0.25, -0.2) is 0 Å². The van der Waals surface area contributed by atoms with E-state index < -0.39 is 23.5 Å². The number of furan rings is 1. The van der Waals surface area contributed by atoms with Crippen LogP contribution in [0.15, 0.2) is 113 Å². The van der Waals surface area contributed by atoms with Crippen LogP contribution in [0.4, 0.5) is 5.69 Å². The zero-order chi connectivity index (χ0) is 28.5. The number of aliphatic hydroxyl groups excluding tert-OH is 1. The SMILES string of the molecule is COc1cc(Cl)cc2cc(C(=O)C3=C(O)C(=O)N(c4ccc(OCc5ccccc5)cc4)C3c3ccccn3)oc12. The Morgan fingerprint density at radius 1 is 1.02 bits per heavy atom. The van der Waals surface area contributed by atoms with Gasteiger partial charge in [0.05, 0.1) is 18.4 Å². The van der Waals surface area contributed by atoms with Crippen molar-refractivity contribution in [3.63, 3.8) is 0 Å². The first-order chi connectivity index (χ1) is 19.9. The molecule has 1 amide bonds. The third kappa shape index (κ3) is 4.90. The summed E-state index contributed by atoms with van der Waals surface area (Å²) in [5.74, 6) is -1.21. The van der Waals surface area contributed by atoms with Gasteiger partial charge < -0.3 is 19.0 Å². The number of methoxy groups -OCH3 is 1. The lowest BCUT2D eigenvalue weighted by Crippen LogP contribution is -2.31. The molecule has 1 unspecified atom stereocenters. The number of carbonyl (C=O) groups is 2. The number of ketones is 1. The van der Waals surface area contributed by atoms with Crippen molar-refractivity contribution in [2.24, 2.45) is 0 Å². The Morgan fingerprint density at radius 2 is 1.78 bits per heavy atom. The monoisotopic (exact) mass is 566 g/mol. The molecule has 0 bridgehead atoms.